The van der Waals surface area contributed by atoms with Crippen molar-refractivity contribution < 1.29 is 9.90 Å². The van der Waals surface area contributed by atoms with Crippen LogP contribution in [0.3, 0.4) is 0 Å². The number of carbonyl (C=O) groups excluding carboxylic acids is 1. The minimum atomic E-state index is -0.181. The third kappa shape index (κ3) is 4.13. The van der Waals surface area contributed by atoms with Crippen molar-refractivity contribution >= 4 is 5.91 Å². The Morgan fingerprint density at radius 3 is 2.60 bits per heavy atom. The van der Waals surface area contributed by atoms with Gasteiger partial charge in [-0.25, -0.2) is 0 Å². The molecule has 3 nitrogen and oxygen atoms in total. The number of benzene rings is 1. The second-order valence-electron chi connectivity index (χ2n) is 3.49. The standard InChI is InChI=1S/C12H17NO2/c1-2-12(15)13-11(9-14)8-10-6-4-3-5-7-10/h3-7,11,14H,2,8-9H2,1H3,(H,13,15)/t11-/m1/s1. The summed E-state index contributed by atoms with van der Waals surface area (Å²) in [5.41, 5.74) is 1.12. The minimum absolute atomic E-state index is 0.0232. The van der Waals surface area contributed by atoms with E-state index in [9.17, 15) is 4.79 Å². The number of aliphatic hydroxyl groups excluding tert-OH is 1. The van der Waals surface area contributed by atoms with E-state index in [0.29, 0.717) is 12.8 Å². The Labute approximate surface area is 90.1 Å². The zero-order chi connectivity index (χ0) is 11.1. The molecule has 0 heterocycles. The maximum atomic E-state index is 11.1. The van der Waals surface area contributed by atoms with E-state index >= 15 is 0 Å². The maximum absolute atomic E-state index is 11.1. The van der Waals surface area contributed by atoms with E-state index in [2.05, 4.69) is 5.32 Å². The Kier molecular flexibility index (Phi) is 4.84. The van der Waals surface area contributed by atoms with Crippen LogP contribution in [0, 0.1) is 0 Å². The van der Waals surface area contributed by atoms with Gasteiger partial charge in [0.15, 0.2) is 0 Å². The first-order chi connectivity index (χ1) is 7.26. The van der Waals surface area contributed by atoms with Crippen LogP contribution in [0.5, 0.6) is 0 Å². The molecule has 0 fully saturated rings. The van der Waals surface area contributed by atoms with E-state index in [1.165, 1.54) is 0 Å². The zero-order valence-electron chi connectivity index (χ0n) is 8.94. The normalized spacial score (nSPS) is 12.1. The summed E-state index contributed by atoms with van der Waals surface area (Å²) in [6, 6.07) is 9.64. The van der Waals surface area contributed by atoms with Gasteiger partial charge in [0.2, 0.25) is 5.91 Å². The topological polar surface area (TPSA) is 49.3 Å². The van der Waals surface area contributed by atoms with Gasteiger partial charge in [-0.15, -0.1) is 0 Å². The fourth-order valence-electron chi connectivity index (χ4n) is 1.39. The van der Waals surface area contributed by atoms with Crippen molar-refractivity contribution in [1.29, 1.82) is 0 Å². The summed E-state index contributed by atoms with van der Waals surface area (Å²) in [5, 5.41) is 11.9. The summed E-state index contributed by atoms with van der Waals surface area (Å²) in [7, 11) is 0. The Balaban J connectivity index is 2.50. The van der Waals surface area contributed by atoms with Gasteiger partial charge in [-0.05, 0) is 12.0 Å². The molecule has 0 aliphatic rings. The Morgan fingerprint density at radius 2 is 2.07 bits per heavy atom. The maximum Gasteiger partial charge on any atom is 0.220 e. The lowest BCUT2D eigenvalue weighted by Crippen LogP contribution is -2.38. The van der Waals surface area contributed by atoms with Crippen molar-refractivity contribution in [3.05, 3.63) is 35.9 Å². The van der Waals surface area contributed by atoms with E-state index in [1.54, 1.807) is 6.92 Å². The Hall–Kier alpha value is -1.35. The van der Waals surface area contributed by atoms with Crippen molar-refractivity contribution in [2.45, 2.75) is 25.8 Å². The first-order valence-corrected chi connectivity index (χ1v) is 5.20. The highest BCUT2D eigenvalue weighted by Crippen LogP contribution is 2.02. The molecule has 82 valence electrons. The summed E-state index contributed by atoms with van der Waals surface area (Å²) >= 11 is 0. The number of carbonyl (C=O) groups is 1. The van der Waals surface area contributed by atoms with Gasteiger partial charge in [0.1, 0.15) is 0 Å². The molecule has 3 heteroatoms. The molecule has 0 aliphatic heterocycles. The highest BCUT2D eigenvalue weighted by atomic mass is 16.3. The van der Waals surface area contributed by atoms with Gasteiger partial charge in [-0.2, -0.15) is 0 Å². The molecule has 15 heavy (non-hydrogen) atoms. The van der Waals surface area contributed by atoms with Crippen molar-refractivity contribution in [3.8, 4) is 0 Å². The summed E-state index contributed by atoms with van der Waals surface area (Å²) in [5.74, 6) is -0.0232. The van der Waals surface area contributed by atoms with Crippen molar-refractivity contribution in [1.82, 2.24) is 5.32 Å². The van der Waals surface area contributed by atoms with Gasteiger partial charge in [-0.3, -0.25) is 4.79 Å². The number of rotatable bonds is 5. The minimum Gasteiger partial charge on any atom is -0.394 e. The van der Waals surface area contributed by atoms with E-state index < -0.39 is 0 Å². The zero-order valence-corrected chi connectivity index (χ0v) is 8.94. The Bertz CT molecular complexity index is 298. The molecule has 0 bridgehead atoms. The lowest BCUT2D eigenvalue weighted by molar-refractivity contribution is -0.121. The number of hydrogen-bond acceptors (Lipinski definition) is 2. The lowest BCUT2D eigenvalue weighted by Gasteiger charge is -2.15. The van der Waals surface area contributed by atoms with E-state index in [-0.39, 0.29) is 18.6 Å². The van der Waals surface area contributed by atoms with Crippen LogP contribution in [0.25, 0.3) is 0 Å². The molecular formula is C12H17NO2. The predicted octanol–water partition coefficient (Wildman–Crippen LogP) is 1.12. The highest BCUT2D eigenvalue weighted by Gasteiger charge is 2.10. The largest absolute Gasteiger partial charge is 0.394 e. The molecule has 0 spiro atoms. The van der Waals surface area contributed by atoms with Gasteiger partial charge < -0.3 is 10.4 Å². The SMILES string of the molecule is CCC(=O)N[C@@H](CO)Cc1ccccc1. The van der Waals surface area contributed by atoms with Crippen molar-refractivity contribution in [2.75, 3.05) is 6.61 Å². The van der Waals surface area contributed by atoms with Crippen LogP contribution in [0.1, 0.15) is 18.9 Å². The summed E-state index contributed by atoms with van der Waals surface area (Å²) < 4.78 is 0. The monoisotopic (exact) mass is 207 g/mol. The molecule has 0 unspecified atom stereocenters. The smallest absolute Gasteiger partial charge is 0.220 e. The van der Waals surface area contributed by atoms with E-state index in [0.717, 1.165) is 5.56 Å². The highest BCUT2D eigenvalue weighted by molar-refractivity contribution is 5.75. The fourth-order valence-corrected chi connectivity index (χ4v) is 1.39. The molecule has 1 amide bonds. The second-order valence-corrected chi connectivity index (χ2v) is 3.49. The van der Waals surface area contributed by atoms with Gasteiger partial charge in [-0.1, -0.05) is 37.3 Å². The molecule has 1 aromatic carbocycles. The molecule has 0 saturated heterocycles. The van der Waals surface area contributed by atoms with Crippen molar-refractivity contribution in [3.63, 3.8) is 0 Å². The summed E-state index contributed by atoms with van der Waals surface area (Å²) in [6.45, 7) is 1.77. The van der Waals surface area contributed by atoms with Gasteiger partial charge >= 0.3 is 0 Å². The third-order valence-corrected chi connectivity index (χ3v) is 2.23. The molecule has 1 atom stereocenters. The van der Waals surface area contributed by atoms with Crippen LogP contribution >= 0.6 is 0 Å². The molecule has 0 aliphatic carbocycles. The predicted molar refractivity (Wildman–Crippen MR) is 59.5 cm³/mol. The number of aliphatic hydroxyl groups is 1. The lowest BCUT2D eigenvalue weighted by atomic mass is 10.1. The molecule has 2 N–H and O–H groups in total. The molecule has 1 rings (SSSR count). The van der Waals surface area contributed by atoms with Crippen molar-refractivity contribution in [2.24, 2.45) is 0 Å². The van der Waals surface area contributed by atoms with Crippen LogP contribution < -0.4 is 5.32 Å². The first kappa shape index (κ1) is 11.7. The molecule has 0 radical (unpaired) electrons. The number of amides is 1. The van der Waals surface area contributed by atoms with E-state index in [1.807, 2.05) is 30.3 Å². The summed E-state index contributed by atoms with van der Waals surface area (Å²) in [6.07, 6.45) is 1.12. The summed E-state index contributed by atoms with van der Waals surface area (Å²) in [4.78, 5) is 11.1. The number of nitrogens with one attached hydrogen (secondary N) is 1. The molecule has 0 aromatic heterocycles. The average molecular weight is 207 g/mol. The van der Waals surface area contributed by atoms with Gasteiger partial charge in [0, 0.05) is 6.42 Å². The Morgan fingerprint density at radius 1 is 1.40 bits per heavy atom. The molecular weight excluding hydrogens is 190 g/mol. The fraction of sp³-hybridized carbons (Fsp3) is 0.417. The second kappa shape index (κ2) is 6.19. The van der Waals surface area contributed by atoms with Crippen LogP contribution in [0.2, 0.25) is 0 Å². The average Bonchev–Trinajstić information content (AvgIpc) is 2.29. The van der Waals surface area contributed by atoms with Crippen LogP contribution in [-0.4, -0.2) is 23.7 Å². The van der Waals surface area contributed by atoms with Crippen LogP contribution in [-0.2, 0) is 11.2 Å². The van der Waals surface area contributed by atoms with E-state index in [4.69, 9.17) is 5.11 Å². The first-order valence-electron chi connectivity index (χ1n) is 5.20. The molecule has 1 aromatic rings. The molecule has 0 saturated carbocycles. The van der Waals surface area contributed by atoms with Crippen LogP contribution in [0.4, 0.5) is 0 Å². The van der Waals surface area contributed by atoms with Gasteiger partial charge in [0.25, 0.3) is 0 Å². The quantitative estimate of drug-likeness (QED) is 0.760. The van der Waals surface area contributed by atoms with Gasteiger partial charge in [0.05, 0.1) is 12.6 Å². The number of hydrogen-bond donors (Lipinski definition) is 2. The van der Waals surface area contributed by atoms with Crippen LogP contribution in [0.15, 0.2) is 30.3 Å². The third-order valence-electron chi connectivity index (χ3n) is 2.23.